The van der Waals surface area contributed by atoms with Crippen LogP contribution in [-0.2, 0) is 15.3 Å². The van der Waals surface area contributed by atoms with Crippen molar-refractivity contribution in [2.24, 2.45) is 0 Å². The number of sulfone groups is 1. The molecule has 0 aliphatic carbocycles. The van der Waals surface area contributed by atoms with Gasteiger partial charge in [-0.25, -0.2) is 8.42 Å². The van der Waals surface area contributed by atoms with Crippen LogP contribution in [0.25, 0.3) is 0 Å². The van der Waals surface area contributed by atoms with Gasteiger partial charge in [0.05, 0.1) is 11.5 Å². The van der Waals surface area contributed by atoms with Crippen molar-refractivity contribution in [3.8, 4) is 0 Å². The SMILES string of the molecule is CC(C)(C)c1cc(C(=O)N2CCS(=O)(=O)CC2)cc(N2CCNCC2)c1. The second-order valence-electron chi connectivity index (χ2n) is 8.20. The molecule has 26 heavy (non-hydrogen) atoms. The molecular weight excluding hydrogens is 350 g/mol. The molecule has 0 aromatic heterocycles. The number of rotatable bonds is 2. The van der Waals surface area contributed by atoms with Crippen LogP contribution in [0.4, 0.5) is 5.69 Å². The second-order valence-corrected chi connectivity index (χ2v) is 10.5. The fourth-order valence-electron chi connectivity index (χ4n) is 3.37. The number of piperazine rings is 1. The average Bonchev–Trinajstić information content (AvgIpc) is 2.61. The van der Waals surface area contributed by atoms with Crippen LogP contribution in [0.1, 0.15) is 36.7 Å². The van der Waals surface area contributed by atoms with Crippen molar-refractivity contribution in [1.29, 1.82) is 0 Å². The molecule has 1 N–H and O–H groups in total. The fraction of sp³-hybridized carbons (Fsp3) is 0.632. The van der Waals surface area contributed by atoms with E-state index in [2.05, 4.69) is 37.1 Å². The molecule has 1 aromatic rings. The van der Waals surface area contributed by atoms with Crippen molar-refractivity contribution >= 4 is 21.4 Å². The summed E-state index contributed by atoms with van der Waals surface area (Å²) in [5.41, 5.74) is 2.79. The first-order valence-corrected chi connectivity index (χ1v) is 11.1. The van der Waals surface area contributed by atoms with E-state index in [1.165, 1.54) is 0 Å². The molecule has 7 heteroatoms. The third-order valence-corrected chi connectivity index (χ3v) is 6.75. The highest BCUT2D eigenvalue weighted by atomic mass is 32.2. The van der Waals surface area contributed by atoms with Crippen LogP contribution >= 0.6 is 0 Å². The van der Waals surface area contributed by atoms with Gasteiger partial charge in [0.2, 0.25) is 0 Å². The molecule has 144 valence electrons. The minimum Gasteiger partial charge on any atom is -0.369 e. The Bertz CT molecular complexity index is 764. The van der Waals surface area contributed by atoms with E-state index >= 15 is 0 Å². The van der Waals surface area contributed by atoms with Crippen molar-refractivity contribution in [3.05, 3.63) is 29.3 Å². The minimum atomic E-state index is -3.00. The molecule has 2 aliphatic rings. The van der Waals surface area contributed by atoms with E-state index in [4.69, 9.17) is 0 Å². The lowest BCUT2D eigenvalue weighted by atomic mass is 9.85. The normalized spacial score (nSPS) is 20.9. The molecule has 1 amide bonds. The van der Waals surface area contributed by atoms with Crippen LogP contribution in [0.3, 0.4) is 0 Å². The molecule has 0 atom stereocenters. The Hall–Kier alpha value is -1.60. The van der Waals surface area contributed by atoms with E-state index in [-0.39, 0.29) is 35.9 Å². The van der Waals surface area contributed by atoms with Crippen molar-refractivity contribution in [2.75, 3.05) is 55.7 Å². The van der Waals surface area contributed by atoms with Crippen molar-refractivity contribution in [2.45, 2.75) is 26.2 Å². The maximum absolute atomic E-state index is 13.0. The summed E-state index contributed by atoms with van der Waals surface area (Å²) < 4.78 is 23.3. The summed E-state index contributed by atoms with van der Waals surface area (Å²) in [4.78, 5) is 17.0. The fourth-order valence-corrected chi connectivity index (χ4v) is 4.57. The van der Waals surface area contributed by atoms with Gasteiger partial charge in [-0.3, -0.25) is 4.79 Å². The minimum absolute atomic E-state index is 0.0579. The van der Waals surface area contributed by atoms with Gasteiger partial charge in [0, 0.05) is 50.5 Å². The average molecular weight is 380 g/mol. The number of nitrogens with one attached hydrogen (secondary N) is 1. The van der Waals surface area contributed by atoms with Gasteiger partial charge in [0.25, 0.3) is 5.91 Å². The molecule has 6 nitrogen and oxygen atoms in total. The van der Waals surface area contributed by atoms with Crippen LogP contribution in [0.5, 0.6) is 0 Å². The van der Waals surface area contributed by atoms with E-state index in [0.717, 1.165) is 37.4 Å². The number of hydrogen-bond donors (Lipinski definition) is 1. The zero-order valence-electron chi connectivity index (χ0n) is 15.9. The standard InChI is InChI=1S/C19H29N3O3S/c1-19(2,3)16-12-15(13-17(14-16)21-6-4-20-5-7-21)18(23)22-8-10-26(24,25)11-9-22/h12-14,20H,4-11H2,1-3H3. The zero-order chi connectivity index (χ0) is 18.9. The highest BCUT2D eigenvalue weighted by Crippen LogP contribution is 2.29. The number of carbonyl (C=O) groups is 1. The monoisotopic (exact) mass is 379 g/mol. The molecule has 0 spiro atoms. The molecular formula is C19H29N3O3S. The van der Waals surface area contributed by atoms with Crippen LogP contribution in [0, 0.1) is 0 Å². The lowest BCUT2D eigenvalue weighted by molar-refractivity contribution is 0.0770. The quantitative estimate of drug-likeness (QED) is 0.838. The van der Waals surface area contributed by atoms with Crippen molar-refractivity contribution < 1.29 is 13.2 Å². The summed E-state index contributed by atoms with van der Waals surface area (Å²) in [5, 5.41) is 3.35. The number of benzene rings is 1. The summed E-state index contributed by atoms with van der Waals surface area (Å²) in [7, 11) is -3.00. The van der Waals surface area contributed by atoms with Crippen LogP contribution in [0.15, 0.2) is 18.2 Å². The Morgan fingerprint density at radius 1 is 1.00 bits per heavy atom. The van der Waals surface area contributed by atoms with Gasteiger partial charge in [0.15, 0.2) is 9.84 Å². The van der Waals surface area contributed by atoms with Gasteiger partial charge in [0.1, 0.15) is 0 Å². The first kappa shape index (κ1) is 19.2. The number of nitrogens with zero attached hydrogens (tertiary/aromatic N) is 2. The number of carbonyl (C=O) groups excluding carboxylic acids is 1. The van der Waals surface area contributed by atoms with Crippen LogP contribution in [-0.4, -0.2) is 70.0 Å². The molecule has 2 aliphatic heterocycles. The highest BCUT2D eigenvalue weighted by molar-refractivity contribution is 7.91. The molecule has 2 fully saturated rings. The van der Waals surface area contributed by atoms with Crippen molar-refractivity contribution in [1.82, 2.24) is 10.2 Å². The second kappa shape index (κ2) is 7.19. The molecule has 3 rings (SSSR count). The van der Waals surface area contributed by atoms with Gasteiger partial charge < -0.3 is 15.1 Å². The van der Waals surface area contributed by atoms with Crippen LogP contribution < -0.4 is 10.2 Å². The lowest BCUT2D eigenvalue weighted by Gasteiger charge is -2.32. The molecule has 0 unspecified atom stereocenters. The first-order valence-electron chi connectivity index (χ1n) is 9.27. The largest absolute Gasteiger partial charge is 0.369 e. The molecule has 1 aromatic carbocycles. The van der Waals surface area contributed by atoms with E-state index in [9.17, 15) is 13.2 Å². The predicted molar refractivity (Wildman–Crippen MR) is 105 cm³/mol. The Morgan fingerprint density at radius 3 is 2.19 bits per heavy atom. The Morgan fingerprint density at radius 2 is 1.62 bits per heavy atom. The molecule has 0 bridgehead atoms. The summed E-state index contributed by atoms with van der Waals surface area (Å²) >= 11 is 0. The van der Waals surface area contributed by atoms with E-state index in [0.29, 0.717) is 5.56 Å². The zero-order valence-corrected chi connectivity index (χ0v) is 16.7. The van der Waals surface area contributed by atoms with Crippen molar-refractivity contribution in [3.63, 3.8) is 0 Å². The van der Waals surface area contributed by atoms with Gasteiger partial charge in [-0.1, -0.05) is 20.8 Å². The maximum atomic E-state index is 13.0. The molecule has 0 radical (unpaired) electrons. The van der Waals surface area contributed by atoms with Gasteiger partial charge in [-0.15, -0.1) is 0 Å². The van der Waals surface area contributed by atoms with Crippen LogP contribution in [0.2, 0.25) is 0 Å². The highest BCUT2D eigenvalue weighted by Gasteiger charge is 2.27. The topological polar surface area (TPSA) is 69.7 Å². The summed E-state index contributed by atoms with van der Waals surface area (Å²) in [6.45, 7) is 10.7. The summed E-state index contributed by atoms with van der Waals surface area (Å²) in [5.74, 6) is 0.0485. The van der Waals surface area contributed by atoms with Gasteiger partial charge in [-0.05, 0) is 29.2 Å². The Kier molecular flexibility index (Phi) is 5.30. The smallest absolute Gasteiger partial charge is 0.253 e. The van der Waals surface area contributed by atoms with E-state index in [1.54, 1.807) is 4.90 Å². The van der Waals surface area contributed by atoms with Gasteiger partial charge >= 0.3 is 0 Å². The molecule has 0 saturated carbocycles. The third kappa shape index (κ3) is 4.38. The molecule has 2 heterocycles. The number of anilines is 1. The summed E-state index contributed by atoms with van der Waals surface area (Å²) in [6, 6.07) is 6.12. The number of amides is 1. The van der Waals surface area contributed by atoms with E-state index in [1.807, 2.05) is 12.1 Å². The van der Waals surface area contributed by atoms with Gasteiger partial charge in [-0.2, -0.15) is 0 Å². The van der Waals surface area contributed by atoms with E-state index < -0.39 is 9.84 Å². The molecule has 2 saturated heterocycles. The first-order chi connectivity index (χ1) is 12.2. The Balaban J connectivity index is 1.91. The predicted octanol–water partition coefficient (Wildman–Crippen LogP) is 1.26. The maximum Gasteiger partial charge on any atom is 0.253 e. The summed E-state index contributed by atoms with van der Waals surface area (Å²) in [6.07, 6.45) is 0. The Labute approximate surface area is 156 Å². The number of hydrogen-bond acceptors (Lipinski definition) is 5. The third-order valence-electron chi connectivity index (χ3n) is 5.14. The lowest BCUT2D eigenvalue weighted by Crippen LogP contribution is -2.44.